The molecule has 4 rings (SSSR count). The monoisotopic (exact) mass is 454 g/mol. The van der Waals surface area contributed by atoms with Crippen LogP contribution in [0.3, 0.4) is 0 Å². The van der Waals surface area contributed by atoms with Gasteiger partial charge in [0, 0.05) is 10.8 Å². The topological polar surface area (TPSA) is 125 Å². The van der Waals surface area contributed by atoms with Gasteiger partial charge in [-0.3, -0.25) is 9.52 Å². The van der Waals surface area contributed by atoms with Crippen LogP contribution in [-0.4, -0.2) is 19.5 Å². The van der Waals surface area contributed by atoms with Crippen LogP contribution in [0, 0.1) is 24.2 Å². The number of hydrogen-bond acceptors (Lipinski definition) is 7. The van der Waals surface area contributed by atoms with Gasteiger partial charge in [0.05, 0.1) is 17.3 Å². The van der Waals surface area contributed by atoms with Crippen molar-refractivity contribution in [2.45, 2.75) is 24.0 Å². The second-order valence-corrected chi connectivity index (χ2v) is 10.1. The van der Waals surface area contributed by atoms with Crippen molar-refractivity contribution in [1.82, 2.24) is 5.16 Å². The van der Waals surface area contributed by atoms with Gasteiger partial charge >= 0.3 is 0 Å². The predicted octanol–water partition coefficient (Wildman–Crippen LogP) is 4.24. The van der Waals surface area contributed by atoms with Gasteiger partial charge in [0.1, 0.15) is 15.6 Å². The van der Waals surface area contributed by atoms with Gasteiger partial charge in [0.25, 0.3) is 10.0 Å². The molecule has 8 nitrogen and oxygen atoms in total. The average molecular weight is 455 g/mol. The van der Waals surface area contributed by atoms with Gasteiger partial charge in [-0.1, -0.05) is 11.2 Å². The molecule has 1 aliphatic rings. The number of nitrogens with one attached hydrogen (secondary N) is 2. The Morgan fingerprint density at radius 1 is 1.29 bits per heavy atom. The predicted molar refractivity (Wildman–Crippen MR) is 118 cm³/mol. The normalized spacial score (nSPS) is 13.8. The molecule has 31 heavy (non-hydrogen) atoms. The second kappa shape index (κ2) is 8.37. The maximum Gasteiger partial charge on any atom is 0.271 e. The minimum absolute atomic E-state index is 0.0444. The number of amides is 1. The van der Waals surface area contributed by atoms with Crippen LogP contribution in [0.15, 0.2) is 45.1 Å². The standard InChI is InChI=1S/C21H18N4O4S2/c1-13-20(23-21(26)15-5-6-15)18(29-24-13)9-7-17-8-10-19(30-17)31(27,28)25-16-4-2-3-14(11-16)12-22/h2-4,7-11,15,25H,5-6H2,1H3,(H,23,26)/b9-7+. The number of rotatable bonds is 7. The molecule has 3 aromatic rings. The Hall–Kier alpha value is -3.42. The van der Waals surface area contributed by atoms with E-state index in [9.17, 15) is 13.2 Å². The molecule has 0 unspecified atom stereocenters. The third-order valence-corrected chi connectivity index (χ3v) is 7.52. The third-order valence-electron chi connectivity index (χ3n) is 4.60. The van der Waals surface area contributed by atoms with E-state index < -0.39 is 10.0 Å². The summed E-state index contributed by atoms with van der Waals surface area (Å²) in [5, 5.41) is 15.7. The van der Waals surface area contributed by atoms with Crippen LogP contribution < -0.4 is 10.0 Å². The third kappa shape index (κ3) is 4.84. The zero-order chi connectivity index (χ0) is 22.0. The Morgan fingerprint density at radius 2 is 2.10 bits per heavy atom. The summed E-state index contributed by atoms with van der Waals surface area (Å²) in [7, 11) is -3.79. The highest BCUT2D eigenvalue weighted by Gasteiger charge is 2.30. The molecule has 1 aromatic carbocycles. The van der Waals surface area contributed by atoms with Crippen LogP contribution in [0.4, 0.5) is 11.4 Å². The second-order valence-electron chi connectivity index (χ2n) is 7.06. The molecule has 0 spiro atoms. The SMILES string of the molecule is Cc1noc(/C=C/c2ccc(S(=O)(=O)Nc3cccc(C#N)c3)s2)c1NC(=O)C1CC1. The van der Waals surface area contributed by atoms with Crippen LogP contribution in [-0.2, 0) is 14.8 Å². The summed E-state index contributed by atoms with van der Waals surface area (Å²) >= 11 is 1.08. The van der Waals surface area contributed by atoms with E-state index in [0.29, 0.717) is 33.3 Å². The molecule has 0 saturated heterocycles. The molecule has 1 amide bonds. The number of nitriles is 1. The van der Waals surface area contributed by atoms with E-state index in [1.165, 1.54) is 12.1 Å². The number of thiophene rings is 1. The number of benzene rings is 1. The Morgan fingerprint density at radius 3 is 2.84 bits per heavy atom. The number of hydrogen-bond donors (Lipinski definition) is 2. The van der Waals surface area contributed by atoms with Gasteiger partial charge in [0.2, 0.25) is 5.91 Å². The Kier molecular flexibility index (Phi) is 5.63. The van der Waals surface area contributed by atoms with E-state index in [1.807, 2.05) is 6.07 Å². The molecule has 2 heterocycles. The quantitative estimate of drug-likeness (QED) is 0.550. The molecule has 1 aliphatic carbocycles. The smallest absolute Gasteiger partial charge is 0.271 e. The molecule has 0 bridgehead atoms. The fourth-order valence-corrected chi connectivity index (χ4v) is 5.09. The lowest BCUT2D eigenvalue weighted by Crippen LogP contribution is -2.14. The first-order chi connectivity index (χ1) is 14.9. The van der Waals surface area contributed by atoms with E-state index in [-0.39, 0.29) is 16.0 Å². The maximum absolute atomic E-state index is 12.7. The minimum atomic E-state index is -3.79. The van der Waals surface area contributed by atoms with Crippen molar-refractivity contribution in [2.75, 3.05) is 10.0 Å². The average Bonchev–Trinajstić information content (AvgIpc) is 3.39. The Balaban J connectivity index is 1.49. The van der Waals surface area contributed by atoms with Crippen LogP contribution in [0.25, 0.3) is 12.2 Å². The Labute approximate surface area is 183 Å². The number of anilines is 2. The van der Waals surface area contributed by atoms with Crippen molar-refractivity contribution in [2.24, 2.45) is 5.92 Å². The number of sulfonamides is 1. The van der Waals surface area contributed by atoms with Crippen molar-refractivity contribution in [3.8, 4) is 6.07 Å². The number of carbonyl (C=O) groups excluding carboxylic acids is 1. The van der Waals surface area contributed by atoms with Gasteiger partial charge < -0.3 is 9.84 Å². The van der Waals surface area contributed by atoms with Crippen LogP contribution in [0.1, 0.15) is 34.7 Å². The largest absolute Gasteiger partial charge is 0.354 e. The van der Waals surface area contributed by atoms with E-state index in [2.05, 4.69) is 15.2 Å². The minimum Gasteiger partial charge on any atom is -0.354 e. The van der Waals surface area contributed by atoms with Gasteiger partial charge in [0.15, 0.2) is 5.76 Å². The zero-order valence-corrected chi connectivity index (χ0v) is 18.1. The summed E-state index contributed by atoms with van der Waals surface area (Å²) in [6.07, 6.45) is 5.13. The Bertz CT molecular complexity index is 1310. The van der Waals surface area contributed by atoms with Crippen molar-refractivity contribution < 1.29 is 17.7 Å². The van der Waals surface area contributed by atoms with Crippen molar-refractivity contribution in [3.63, 3.8) is 0 Å². The van der Waals surface area contributed by atoms with Crippen LogP contribution in [0.5, 0.6) is 0 Å². The highest BCUT2D eigenvalue weighted by molar-refractivity contribution is 7.94. The summed E-state index contributed by atoms with van der Waals surface area (Å²) < 4.78 is 33.2. The maximum atomic E-state index is 12.7. The fraction of sp³-hybridized carbons (Fsp3) is 0.190. The van der Waals surface area contributed by atoms with E-state index in [0.717, 1.165) is 24.2 Å². The molecular weight excluding hydrogens is 436 g/mol. The molecule has 1 saturated carbocycles. The van der Waals surface area contributed by atoms with Gasteiger partial charge in [-0.15, -0.1) is 11.3 Å². The van der Waals surface area contributed by atoms with E-state index >= 15 is 0 Å². The fourth-order valence-electron chi connectivity index (χ4n) is 2.81. The van der Waals surface area contributed by atoms with Crippen molar-refractivity contribution >= 4 is 50.8 Å². The number of nitrogens with zero attached hydrogens (tertiary/aromatic N) is 2. The molecule has 0 atom stereocenters. The number of carbonyl (C=O) groups is 1. The van der Waals surface area contributed by atoms with Gasteiger partial charge in [-0.2, -0.15) is 5.26 Å². The lowest BCUT2D eigenvalue weighted by Gasteiger charge is -2.06. The molecular formula is C21H18N4O4S2. The summed E-state index contributed by atoms with van der Waals surface area (Å²) in [4.78, 5) is 12.7. The lowest BCUT2D eigenvalue weighted by molar-refractivity contribution is -0.117. The number of aromatic nitrogens is 1. The van der Waals surface area contributed by atoms with Crippen molar-refractivity contribution in [1.29, 1.82) is 5.26 Å². The van der Waals surface area contributed by atoms with E-state index in [4.69, 9.17) is 9.78 Å². The summed E-state index contributed by atoms with van der Waals surface area (Å²) in [5.74, 6) is 0.408. The first kappa shape index (κ1) is 20.8. The van der Waals surface area contributed by atoms with Gasteiger partial charge in [-0.05, 0) is 62.2 Å². The van der Waals surface area contributed by atoms with E-state index in [1.54, 1.807) is 43.3 Å². The highest BCUT2D eigenvalue weighted by atomic mass is 32.2. The molecule has 0 radical (unpaired) electrons. The molecule has 2 N–H and O–H groups in total. The van der Waals surface area contributed by atoms with Gasteiger partial charge in [-0.25, -0.2) is 8.42 Å². The molecule has 158 valence electrons. The lowest BCUT2D eigenvalue weighted by atomic mass is 10.2. The zero-order valence-electron chi connectivity index (χ0n) is 16.5. The summed E-state index contributed by atoms with van der Waals surface area (Å²) in [6.45, 7) is 1.74. The first-order valence-corrected chi connectivity index (χ1v) is 11.7. The molecule has 10 heteroatoms. The molecule has 0 aliphatic heterocycles. The van der Waals surface area contributed by atoms with Crippen LogP contribution >= 0.6 is 11.3 Å². The van der Waals surface area contributed by atoms with Crippen LogP contribution in [0.2, 0.25) is 0 Å². The highest BCUT2D eigenvalue weighted by Crippen LogP contribution is 2.32. The molecule has 2 aromatic heterocycles. The first-order valence-electron chi connectivity index (χ1n) is 9.44. The summed E-state index contributed by atoms with van der Waals surface area (Å²) in [5.41, 5.74) is 1.78. The molecule has 1 fully saturated rings. The number of aryl methyl sites for hydroxylation is 1. The van der Waals surface area contributed by atoms with Crippen molar-refractivity contribution in [3.05, 3.63) is 58.3 Å². The summed E-state index contributed by atoms with van der Waals surface area (Å²) in [6, 6.07) is 11.4.